The molecule has 2 heteroatoms. The summed E-state index contributed by atoms with van der Waals surface area (Å²) in [5.41, 5.74) is 1.55. The zero-order chi connectivity index (χ0) is 7.90. The molecule has 0 amide bonds. The highest BCUT2D eigenvalue weighted by atomic mass is 15.1. The van der Waals surface area contributed by atoms with Gasteiger partial charge in [0.1, 0.15) is 0 Å². The van der Waals surface area contributed by atoms with Crippen LogP contribution in [0.15, 0.2) is 18.3 Å². The van der Waals surface area contributed by atoms with Crippen molar-refractivity contribution in [1.82, 2.24) is 9.88 Å². The first-order chi connectivity index (χ1) is 5.20. The molecule has 60 valence electrons. The summed E-state index contributed by atoms with van der Waals surface area (Å²) in [5.74, 6) is 0. The lowest BCUT2D eigenvalue weighted by atomic mass is 9.99. The zero-order valence-corrected chi connectivity index (χ0v) is 7.09. The van der Waals surface area contributed by atoms with Crippen molar-refractivity contribution in [2.45, 2.75) is 25.9 Å². The van der Waals surface area contributed by atoms with E-state index in [9.17, 15) is 0 Å². The topological polar surface area (TPSA) is 17.0 Å². The normalized spacial score (nSPS) is 21.3. The average Bonchev–Trinajstić information content (AvgIpc) is 2.34. The van der Waals surface area contributed by atoms with Crippen molar-refractivity contribution in [2.75, 3.05) is 6.54 Å². The SMILES string of the molecule is CC1(C)NCCn2cccc21. The van der Waals surface area contributed by atoms with Gasteiger partial charge in [0.25, 0.3) is 0 Å². The van der Waals surface area contributed by atoms with Gasteiger partial charge in [-0.05, 0) is 26.0 Å². The molecule has 0 aromatic carbocycles. The maximum Gasteiger partial charge on any atom is 0.0532 e. The minimum atomic E-state index is 0.155. The first kappa shape index (κ1) is 6.92. The van der Waals surface area contributed by atoms with Gasteiger partial charge in [-0.3, -0.25) is 0 Å². The van der Waals surface area contributed by atoms with Gasteiger partial charge in [0.2, 0.25) is 0 Å². The van der Waals surface area contributed by atoms with E-state index in [1.807, 2.05) is 0 Å². The lowest BCUT2D eigenvalue weighted by Crippen LogP contribution is -2.44. The van der Waals surface area contributed by atoms with Crippen LogP contribution in [-0.4, -0.2) is 11.1 Å². The molecule has 0 aliphatic carbocycles. The van der Waals surface area contributed by atoms with Gasteiger partial charge >= 0.3 is 0 Å². The molecule has 0 unspecified atom stereocenters. The average molecular weight is 150 g/mol. The number of hydrogen-bond acceptors (Lipinski definition) is 1. The van der Waals surface area contributed by atoms with E-state index in [2.05, 4.69) is 42.1 Å². The minimum Gasteiger partial charge on any atom is -0.349 e. The molecule has 0 spiro atoms. The van der Waals surface area contributed by atoms with Crippen molar-refractivity contribution in [3.05, 3.63) is 24.0 Å². The second-order valence-electron chi connectivity index (χ2n) is 3.64. The number of hydrogen-bond donors (Lipinski definition) is 1. The molecule has 0 saturated carbocycles. The summed E-state index contributed by atoms with van der Waals surface area (Å²) >= 11 is 0. The third-order valence-corrected chi connectivity index (χ3v) is 2.39. The minimum absolute atomic E-state index is 0.155. The highest BCUT2D eigenvalue weighted by Crippen LogP contribution is 2.22. The van der Waals surface area contributed by atoms with E-state index in [4.69, 9.17) is 0 Å². The van der Waals surface area contributed by atoms with Crippen LogP contribution in [0.5, 0.6) is 0 Å². The second kappa shape index (κ2) is 2.11. The van der Waals surface area contributed by atoms with Gasteiger partial charge in [0.05, 0.1) is 5.54 Å². The van der Waals surface area contributed by atoms with Crippen LogP contribution in [0, 0.1) is 0 Å². The van der Waals surface area contributed by atoms with Crippen molar-refractivity contribution in [2.24, 2.45) is 0 Å². The van der Waals surface area contributed by atoms with Crippen LogP contribution in [0.1, 0.15) is 19.5 Å². The molecule has 2 rings (SSSR count). The molecule has 2 nitrogen and oxygen atoms in total. The zero-order valence-electron chi connectivity index (χ0n) is 7.09. The molecule has 2 heterocycles. The lowest BCUT2D eigenvalue weighted by Gasteiger charge is -2.33. The van der Waals surface area contributed by atoms with Gasteiger partial charge in [-0.25, -0.2) is 0 Å². The quantitative estimate of drug-likeness (QED) is 0.590. The molecule has 1 aromatic rings. The highest BCUT2D eigenvalue weighted by molar-refractivity contribution is 5.18. The predicted molar refractivity (Wildman–Crippen MR) is 45.5 cm³/mol. The van der Waals surface area contributed by atoms with Crippen molar-refractivity contribution in [1.29, 1.82) is 0 Å². The first-order valence-electron chi connectivity index (χ1n) is 4.11. The fraction of sp³-hybridized carbons (Fsp3) is 0.556. The van der Waals surface area contributed by atoms with E-state index in [1.54, 1.807) is 0 Å². The Morgan fingerprint density at radius 2 is 2.36 bits per heavy atom. The number of rotatable bonds is 0. The summed E-state index contributed by atoms with van der Waals surface area (Å²) in [4.78, 5) is 0. The molecular weight excluding hydrogens is 136 g/mol. The Balaban J connectivity index is 2.48. The molecule has 11 heavy (non-hydrogen) atoms. The van der Waals surface area contributed by atoms with Crippen molar-refractivity contribution in [3.8, 4) is 0 Å². The van der Waals surface area contributed by atoms with E-state index in [0.717, 1.165) is 13.1 Å². The van der Waals surface area contributed by atoms with Crippen molar-refractivity contribution >= 4 is 0 Å². The van der Waals surface area contributed by atoms with Gasteiger partial charge in [0.15, 0.2) is 0 Å². The van der Waals surface area contributed by atoms with Crippen molar-refractivity contribution in [3.63, 3.8) is 0 Å². The van der Waals surface area contributed by atoms with Gasteiger partial charge in [0, 0.05) is 25.0 Å². The largest absolute Gasteiger partial charge is 0.349 e. The molecule has 0 radical (unpaired) electrons. The van der Waals surface area contributed by atoms with E-state index in [-0.39, 0.29) is 5.54 Å². The Labute approximate surface area is 67.2 Å². The third kappa shape index (κ3) is 0.979. The molecule has 0 bridgehead atoms. The Morgan fingerprint density at radius 1 is 1.55 bits per heavy atom. The predicted octanol–water partition coefficient (Wildman–Crippen LogP) is 1.33. The molecule has 1 aliphatic heterocycles. The summed E-state index contributed by atoms with van der Waals surface area (Å²) in [5, 5.41) is 3.48. The summed E-state index contributed by atoms with van der Waals surface area (Å²) in [6, 6.07) is 4.30. The van der Waals surface area contributed by atoms with Gasteiger partial charge in [-0.15, -0.1) is 0 Å². The summed E-state index contributed by atoms with van der Waals surface area (Å²) in [7, 11) is 0. The number of nitrogens with zero attached hydrogens (tertiary/aromatic N) is 1. The third-order valence-electron chi connectivity index (χ3n) is 2.39. The molecule has 1 N–H and O–H groups in total. The van der Waals surface area contributed by atoms with Crippen LogP contribution in [0.4, 0.5) is 0 Å². The maximum atomic E-state index is 3.48. The fourth-order valence-corrected chi connectivity index (χ4v) is 1.76. The maximum absolute atomic E-state index is 3.48. The first-order valence-corrected chi connectivity index (χ1v) is 4.11. The number of fused-ring (bicyclic) bond motifs is 1. The Kier molecular flexibility index (Phi) is 1.33. The van der Waals surface area contributed by atoms with Crippen LogP contribution in [0.25, 0.3) is 0 Å². The smallest absolute Gasteiger partial charge is 0.0532 e. The van der Waals surface area contributed by atoms with E-state index >= 15 is 0 Å². The van der Waals surface area contributed by atoms with Crippen LogP contribution in [0.3, 0.4) is 0 Å². The number of aromatic nitrogens is 1. The molecule has 1 aromatic heterocycles. The Hall–Kier alpha value is -0.760. The summed E-state index contributed by atoms with van der Waals surface area (Å²) in [6.07, 6.45) is 2.15. The van der Waals surface area contributed by atoms with Crippen LogP contribution in [-0.2, 0) is 12.1 Å². The van der Waals surface area contributed by atoms with E-state index < -0.39 is 0 Å². The fourth-order valence-electron chi connectivity index (χ4n) is 1.76. The second-order valence-corrected chi connectivity index (χ2v) is 3.64. The molecule has 1 aliphatic rings. The van der Waals surface area contributed by atoms with Crippen LogP contribution in [0.2, 0.25) is 0 Å². The molecule has 0 atom stereocenters. The lowest BCUT2D eigenvalue weighted by molar-refractivity contribution is 0.326. The van der Waals surface area contributed by atoms with Crippen molar-refractivity contribution < 1.29 is 0 Å². The van der Waals surface area contributed by atoms with Gasteiger partial charge in [-0.1, -0.05) is 0 Å². The molecular formula is C9H14N2. The Morgan fingerprint density at radius 3 is 3.09 bits per heavy atom. The van der Waals surface area contributed by atoms with Gasteiger partial charge in [-0.2, -0.15) is 0 Å². The van der Waals surface area contributed by atoms with E-state index in [0.29, 0.717) is 0 Å². The Bertz CT molecular complexity index is 260. The monoisotopic (exact) mass is 150 g/mol. The van der Waals surface area contributed by atoms with Gasteiger partial charge < -0.3 is 9.88 Å². The molecule has 0 fully saturated rings. The number of nitrogens with one attached hydrogen (secondary N) is 1. The van der Waals surface area contributed by atoms with E-state index in [1.165, 1.54) is 5.69 Å². The van der Waals surface area contributed by atoms with Crippen LogP contribution >= 0.6 is 0 Å². The summed E-state index contributed by atoms with van der Waals surface area (Å²) in [6.45, 7) is 6.62. The highest BCUT2D eigenvalue weighted by Gasteiger charge is 2.25. The standard InChI is InChI=1S/C9H14N2/c1-9(2)8-4-3-6-11(8)7-5-10-9/h3-4,6,10H,5,7H2,1-2H3. The summed E-state index contributed by atoms with van der Waals surface area (Å²) < 4.78 is 2.32. The van der Waals surface area contributed by atoms with Crippen LogP contribution < -0.4 is 5.32 Å². The molecule has 0 saturated heterocycles.